The molecule has 1 amide bonds. The zero-order chi connectivity index (χ0) is 47.9. The fourth-order valence-corrected chi connectivity index (χ4v) is 11.5. The highest BCUT2D eigenvalue weighted by Crippen LogP contribution is 2.50. The van der Waals surface area contributed by atoms with Crippen LogP contribution in [0.4, 0.5) is 39.9 Å². The lowest BCUT2D eigenvalue weighted by molar-refractivity contribution is -0.386. The normalized spacial score (nSPS) is 12.3. The minimum absolute atomic E-state index is 0.00530. The summed E-state index contributed by atoms with van der Waals surface area (Å²) in [5.74, 6) is 0.298. The molecule has 70 heavy (non-hydrogen) atoms. The molecule has 0 aliphatic rings. The van der Waals surface area contributed by atoms with Gasteiger partial charge in [-0.2, -0.15) is 0 Å². The first-order valence-corrected chi connectivity index (χ1v) is 21.6. The van der Waals surface area contributed by atoms with Crippen LogP contribution in [0.5, 0.6) is 0 Å². The molecule has 0 atom stereocenters. The number of nitrogens with one attached hydrogen (secondary N) is 1. The molecule has 0 fully saturated rings. The second-order valence-electron chi connectivity index (χ2n) is 17.6. The van der Waals surface area contributed by atoms with Crippen LogP contribution in [0.1, 0.15) is 0 Å². The summed E-state index contributed by atoms with van der Waals surface area (Å²) in [5, 5.41) is 52.0. The molecule has 14 rings (SSSR count). The number of carbonyl (C=O) groups is 1. The topological polar surface area (TPSA) is 284 Å². The number of non-ortho nitro benzene ring substituents is 3. The molecule has 3 heterocycles. The van der Waals surface area contributed by atoms with E-state index in [1.54, 1.807) is 18.2 Å². The third-order valence-corrected chi connectivity index (χ3v) is 14.2. The highest BCUT2D eigenvalue weighted by Gasteiger charge is 2.30. The van der Waals surface area contributed by atoms with Gasteiger partial charge in [0.1, 0.15) is 11.5 Å². The minimum Gasteiger partial charge on any atom is -0.399 e. The molecule has 3 aromatic heterocycles. The van der Waals surface area contributed by atoms with Gasteiger partial charge in [-0.25, -0.2) is 9.97 Å². The van der Waals surface area contributed by atoms with Crippen LogP contribution in [0, 0.1) is 30.3 Å². The van der Waals surface area contributed by atoms with E-state index in [9.17, 15) is 35.1 Å². The van der Waals surface area contributed by atoms with Crippen LogP contribution in [-0.2, 0) is 4.79 Å². The number of nitro benzene ring substituents is 3. The number of nitrogens with zero attached hydrogens (tertiary/aromatic N) is 6. The monoisotopic (exact) mass is 918 g/mol. The lowest BCUT2D eigenvalue weighted by atomic mass is 9.85. The number of amides is 1. The smallest absolute Gasteiger partial charge is 0.285 e. The average molecular weight is 919 g/mol. The van der Waals surface area contributed by atoms with Gasteiger partial charge in [0.15, 0.2) is 0 Å². The summed E-state index contributed by atoms with van der Waals surface area (Å²) in [4.78, 5) is 73.0. The van der Waals surface area contributed by atoms with Crippen molar-refractivity contribution in [3.05, 3.63) is 150 Å². The molecule has 332 valence electrons. The molecular formula is C52H26N10O8. The van der Waals surface area contributed by atoms with Gasteiger partial charge in [-0.05, 0) is 91.6 Å². The summed E-state index contributed by atoms with van der Waals surface area (Å²) in [7, 11) is 0. The average Bonchev–Trinajstić information content (AvgIpc) is 3.34. The van der Waals surface area contributed by atoms with Crippen molar-refractivity contribution in [1.82, 2.24) is 14.4 Å². The van der Waals surface area contributed by atoms with Crippen molar-refractivity contribution >= 4 is 182 Å². The van der Waals surface area contributed by atoms with Gasteiger partial charge in [-0.15, -0.1) is 0 Å². The van der Waals surface area contributed by atoms with Gasteiger partial charge in [0.2, 0.25) is 6.41 Å². The summed E-state index contributed by atoms with van der Waals surface area (Å²) in [5.41, 5.74) is 20.0. The molecule has 0 unspecified atom stereocenters. The van der Waals surface area contributed by atoms with E-state index < -0.39 is 37.4 Å². The number of rotatable bonds is 5. The van der Waals surface area contributed by atoms with E-state index in [4.69, 9.17) is 27.2 Å². The number of hydrogen-bond donors (Lipinski definition) is 4. The van der Waals surface area contributed by atoms with Gasteiger partial charge in [0.25, 0.3) is 22.6 Å². The quantitative estimate of drug-likeness (QED) is 0.0312. The van der Waals surface area contributed by atoms with Crippen molar-refractivity contribution < 1.29 is 19.6 Å². The van der Waals surface area contributed by atoms with E-state index in [0.717, 1.165) is 71.4 Å². The Morgan fingerprint density at radius 2 is 1.00 bits per heavy atom. The standard InChI is InChI=1S/C52H26N10O8/c53-20-1-3-29-35(13-20)46(55)37-15-21(54)14-34-28-6-5-24-26-8-11-32-43-33(12-9-27(41(26)43)25-7-10-31(42(28)40(24)25)50(56-19-63)57-47(29)44(34)37)52(64)59-39-18-23(61(67)68)17-38-45(39)48(58-51(32)59)30-4-2-22(60(65)66)16-36(30)49(38)62(69)70/h1-19H,53-55H2,(H,56,57,63). The number of fused-ring (bicyclic) bond motifs is 10. The second-order valence-corrected chi connectivity index (χ2v) is 17.6. The van der Waals surface area contributed by atoms with Crippen molar-refractivity contribution in [2.24, 2.45) is 0 Å². The van der Waals surface area contributed by atoms with Gasteiger partial charge in [-0.3, -0.25) is 44.3 Å². The summed E-state index contributed by atoms with van der Waals surface area (Å²) >= 11 is 0. The van der Waals surface area contributed by atoms with Crippen LogP contribution >= 0.6 is 0 Å². The molecule has 14 aromatic rings. The van der Waals surface area contributed by atoms with Gasteiger partial charge >= 0.3 is 0 Å². The molecule has 18 nitrogen and oxygen atoms in total. The van der Waals surface area contributed by atoms with E-state index in [2.05, 4.69) is 5.32 Å². The highest BCUT2D eigenvalue weighted by molar-refractivity contribution is 6.43. The van der Waals surface area contributed by atoms with E-state index in [1.165, 1.54) is 22.6 Å². The molecule has 11 aromatic carbocycles. The SMILES string of the molecule is Nc1ccc2c(c1)c(N)c1cc(N)cc3c4ccc5c6ccc7c8c(ccc(c9ccc(c(NC=O)nc2c13)c4c95)c68)c(=O)n1c2cc([N+](=O)[O-])cc3c([N+](=O)[O-])c4cc([N+](=O)[O-])ccc4c(nc71)c32. The molecule has 0 radical (unpaired) electrons. The maximum absolute atomic E-state index is 15.2. The predicted octanol–water partition coefficient (Wildman–Crippen LogP) is 10.8. The van der Waals surface area contributed by atoms with Crippen molar-refractivity contribution in [2.45, 2.75) is 0 Å². The van der Waals surface area contributed by atoms with Crippen LogP contribution in [0.15, 0.2) is 114 Å². The summed E-state index contributed by atoms with van der Waals surface area (Å²) < 4.78 is 1.26. The van der Waals surface area contributed by atoms with Gasteiger partial charge in [0, 0.05) is 101 Å². The largest absolute Gasteiger partial charge is 0.399 e. The first kappa shape index (κ1) is 38.9. The maximum Gasteiger partial charge on any atom is 0.285 e. The first-order valence-electron chi connectivity index (χ1n) is 21.6. The van der Waals surface area contributed by atoms with E-state index in [1.807, 2.05) is 60.7 Å². The van der Waals surface area contributed by atoms with Crippen molar-refractivity contribution in [2.75, 3.05) is 22.5 Å². The van der Waals surface area contributed by atoms with Crippen molar-refractivity contribution in [3.63, 3.8) is 0 Å². The number of hydrogen-bond acceptors (Lipinski definition) is 13. The lowest BCUT2D eigenvalue weighted by Crippen LogP contribution is -2.17. The minimum atomic E-state index is -0.737. The van der Waals surface area contributed by atoms with E-state index in [-0.39, 0.29) is 43.6 Å². The van der Waals surface area contributed by atoms with E-state index >= 15 is 4.79 Å². The molecule has 0 bridgehead atoms. The Bertz CT molecular complexity index is 4980. The fraction of sp³-hybridized carbons (Fsp3) is 0. The zero-order valence-corrected chi connectivity index (χ0v) is 35.7. The van der Waals surface area contributed by atoms with Gasteiger partial charge in [-0.1, -0.05) is 36.4 Å². The Morgan fingerprint density at radius 3 is 1.67 bits per heavy atom. The second kappa shape index (κ2) is 13.0. The molecule has 0 saturated carbocycles. The molecule has 18 heteroatoms. The number of benzene rings is 11. The summed E-state index contributed by atoms with van der Waals surface area (Å²) in [6.07, 6.45) is 0.588. The van der Waals surface area contributed by atoms with Crippen LogP contribution in [0.3, 0.4) is 0 Å². The number of nitro groups is 3. The molecule has 0 saturated heterocycles. The Balaban J connectivity index is 1.17. The van der Waals surface area contributed by atoms with E-state index in [0.29, 0.717) is 61.7 Å². The zero-order valence-electron chi connectivity index (χ0n) is 35.7. The Kier molecular flexibility index (Phi) is 7.19. The van der Waals surface area contributed by atoms with Gasteiger partial charge < -0.3 is 22.5 Å². The Morgan fingerprint density at radius 1 is 0.471 bits per heavy atom. The molecule has 0 spiro atoms. The number of anilines is 4. The third-order valence-electron chi connectivity index (χ3n) is 14.2. The Hall–Kier alpha value is -10.4. The number of pyridine rings is 1. The number of nitrogen functional groups attached to an aromatic ring is 3. The first-order chi connectivity index (χ1) is 33.8. The Labute approximate surface area is 386 Å². The maximum atomic E-state index is 15.2. The predicted molar refractivity (Wildman–Crippen MR) is 275 cm³/mol. The summed E-state index contributed by atoms with van der Waals surface area (Å²) in [6.45, 7) is 0. The summed E-state index contributed by atoms with van der Waals surface area (Å²) in [6, 6.07) is 30.2. The molecule has 7 N–H and O–H groups in total. The molecule has 0 aliphatic carbocycles. The number of aromatic nitrogens is 3. The molecular weight excluding hydrogens is 893 g/mol. The van der Waals surface area contributed by atoms with Crippen LogP contribution in [-0.4, -0.2) is 35.5 Å². The highest BCUT2D eigenvalue weighted by atomic mass is 16.6. The van der Waals surface area contributed by atoms with Crippen LogP contribution in [0.25, 0.3) is 135 Å². The van der Waals surface area contributed by atoms with Crippen molar-refractivity contribution in [3.8, 4) is 0 Å². The fourth-order valence-electron chi connectivity index (χ4n) is 11.5. The van der Waals surface area contributed by atoms with Gasteiger partial charge in [0.05, 0.1) is 42.1 Å². The van der Waals surface area contributed by atoms with Crippen LogP contribution in [0.2, 0.25) is 0 Å². The third kappa shape index (κ3) is 4.69. The van der Waals surface area contributed by atoms with Crippen molar-refractivity contribution in [1.29, 1.82) is 0 Å². The number of carbonyl (C=O) groups excluding carboxylic acids is 1. The number of nitrogens with two attached hydrogens (primary N) is 3. The lowest BCUT2D eigenvalue weighted by Gasteiger charge is -2.20. The molecule has 0 aliphatic heterocycles. The van der Waals surface area contributed by atoms with Crippen LogP contribution < -0.4 is 28.1 Å².